The third kappa shape index (κ3) is 4.26. The van der Waals surface area contributed by atoms with Gasteiger partial charge in [0.05, 0.1) is 10.7 Å². The number of piperazine rings is 1. The Bertz CT molecular complexity index is 824. The predicted octanol–water partition coefficient (Wildman–Crippen LogP) is 4.83. The van der Waals surface area contributed by atoms with E-state index in [-0.39, 0.29) is 0 Å². The Labute approximate surface area is 163 Å². The van der Waals surface area contributed by atoms with Gasteiger partial charge in [0.25, 0.3) is 0 Å². The molecule has 134 valence electrons. The highest BCUT2D eigenvalue weighted by atomic mass is 35.5. The highest BCUT2D eigenvalue weighted by Crippen LogP contribution is 2.23. The van der Waals surface area contributed by atoms with Gasteiger partial charge in [0.1, 0.15) is 0 Å². The lowest BCUT2D eigenvalue weighted by atomic mass is 10.2. The van der Waals surface area contributed by atoms with Crippen molar-refractivity contribution in [3.8, 4) is 11.3 Å². The average Bonchev–Trinajstić information content (AvgIpc) is 3.17. The second kappa shape index (κ2) is 8.21. The summed E-state index contributed by atoms with van der Waals surface area (Å²) in [6, 6.07) is 18.6. The van der Waals surface area contributed by atoms with E-state index in [0.29, 0.717) is 0 Å². The first-order valence-electron chi connectivity index (χ1n) is 9.01. The van der Waals surface area contributed by atoms with Gasteiger partial charge in [-0.15, -0.1) is 11.3 Å². The van der Waals surface area contributed by atoms with E-state index in [0.717, 1.165) is 49.9 Å². The van der Waals surface area contributed by atoms with Crippen LogP contribution >= 0.6 is 22.9 Å². The first-order valence-corrected chi connectivity index (χ1v) is 10.3. The van der Waals surface area contributed by atoms with E-state index in [1.807, 2.05) is 18.2 Å². The Morgan fingerprint density at radius 2 is 1.65 bits per heavy atom. The van der Waals surface area contributed by atoms with Crippen molar-refractivity contribution in [3.63, 3.8) is 0 Å². The molecular weight excluding hydrogens is 362 g/mol. The van der Waals surface area contributed by atoms with Crippen LogP contribution in [0.4, 0.5) is 5.69 Å². The van der Waals surface area contributed by atoms with Crippen molar-refractivity contribution in [2.75, 3.05) is 37.6 Å². The Balaban J connectivity index is 1.27. The third-order valence-electron chi connectivity index (χ3n) is 4.83. The van der Waals surface area contributed by atoms with E-state index in [4.69, 9.17) is 16.6 Å². The molecular formula is C21H22ClN3S. The zero-order valence-electron chi connectivity index (χ0n) is 14.6. The van der Waals surface area contributed by atoms with Crippen LogP contribution in [-0.4, -0.2) is 42.6 Å². The molecule has 1 aromatic heterocycles. The predicted molar refractivity (Wildman–Crippen MR) is 111 cm³/mol. The number of halogens is 1. The SMILES string of the molecule is Clc1ccc(N2CCN(CCc3nc(-c4ccccc4)cs3)CC2)cc1. The summed E-state index contributed by atoms with van der Waals surface area (Å²) in [6.07, 6.45) is 1.03. The van der Waals surface area contributed by atoms with Crippen LogP contribution in [0.2, 0.25) is 5.02 Å². The molecule has 2 heterocycles. The minimum atomic E-state index is 0.797. The van der Waals surface area contributed by atoms with E-state index < -0.39 is 0 Å². The fraction of sp³-hybridized carbons (Fsp3) is 0.286. The summed E-state index contributed by atoms with van der Waals surface area (Å²) in [5.74, 6) is 0. The molecule has 2 aromatic carbocycles. The van der Waals surface area contributed by atoms with Gasteiger partial charge in [-0.05, 0) is 24.3 Å². The van der Waals surface area contributed by atoms with Crippen molar-refractivity contribution >= 4 is 28.6 Å². The topological polar surface area (TPSA) is 19.4 Å². The van der Waals surface area contributed by atoms with Gasteiger partial charge in [-0.25, -0.2) is 4.98 Å². The molecule has 0 aliphatic carbocycles. The summed E-state index contributed by atoms with van der Waals surface area (Å²) in [6.45, 7) is 5.40. The lowest BCUT2D eigenvalue weighted by Crippen LogP contribution is -2.46. The largest absolute Gasteiger partial charge is 0.369 e. The van der Waals surface area contributed by atoms with E-state index in [1.54, 1.807) is 11.3 Å². The van der Waals surface area contributed by atoms with Gasteiger partial charge in [-0.2, -0.15) is 0 Å². The van der Waals surface area contributed by atoms with Crippen LogP contribution in [-0.2, 0) is 6.42 Å². The molecule has 0 radical (unpaired) electrons. The number of nitrogens with zero attached hydrogens (tertiary/aromatic N) is 3. The van der Waals surface area contributed by atoms with Crippen LogP contribution in [0.1, 0.15) is 5.01 Å². The highest BCUT2D eigenvalue weighted by molar-refractivity contribution is 7.09. The molecule has 0 spiro atoms. The lowest BCUT2D eigenvalue weighted by Gasteiger charge is -2.36. The number of hydrogen-bond acceptors (Lipinski definition) is 4. The second-order valence-electron chi connectivity index (χ2n) is 6.55. The fourth-order valence-electron chi connectivity index (χ4n) is 3.30. The van der Waals surface area contributed by atoms with Gasteiger partial charge in [0.2, 0.25) is 0 Å². The average molecular weight is 384 g/mol. The molecule has 1 saturated heterocycles. The van der Waals surface area contributed by atoms with Crippen molar-refractivity contribution in [2.24, 2.45) is 0 Å². The molecule has 0 atom stereocenters. The van der Waals surface area contributed by atoms with Crippen molar-refractivity contribution < 1.29 is 0 Å². The smallest absolute Gasteiger partial charge is 0.0945 e. The molecule has 1 aliphatic rings. The maximum Gasteiger partial charge on any atom is 0.0945 e. The van der Waals surface area contributed by atoms with Crippen LogP contribution in [0, 0.1) is 0 Å². The van der Waals surface area contributed by atoms with Crippen molar-refractivity contribution in [3.05, 3.63) is 70.0 Å². The molecule has 5 heteroatoms. The van der Waals surface area contributed by atoms with Crippen LogP contribution < -0.4 is 4.90 Å². The number of anilines is 1. The van der Waals surface area contributed by atoms with Gasteiger partial charge in [0.15, 0.2) is 0 Å². The number of thiazole rings is 1. The van der Waals surface area contributed by atoms with Crippen LogP contribution in [0.25, 0.3) is 11.3 Å². The lowest BCUT2D eigenvalue weighted by molar-refractivity contribution is 0.261. The minimum absolute atomic E-state index is 0.797. The Kier molecular flexibility index (Phi) is 5.54. The Hall–Kier alpha value is -1.88. The van der Waals surface area contributed by atoms with E-state index in [2.05, 4.69) is 51.6 Å². The molecule has 3 nitrogen and oxygen atoms in total. The minimum Gasteiger partial charge on any atom is -0.369 e. The van der Waals surface area contributed by atoms with Crippen molar-refractivity contribution in [1.29, 1.82) is 0 Å². The number of rotatable bonds is 5. The molecule has 1 aliphatic heterocycles. The number of benzene rings is 2. The fourth-order valence-corrected chi connectivity index (χ4v) is 4.23. The molecule has 4 rings (SSSR count). The maximum atomic E-state index is 5.98. The monoisotopic (exact) mass is 383 g/mol. The summed E-state index contributed by atoms with van der Waals surface area (Å²) in [5, 5.41) is 4.19. The van der Waals surface area contributed by atoms with Crippen LogP contribution in [0.3, 0.4) is 0 Å². The quantitative estimate of drug-likeness (QED) is 0.629. The first-order chi connectivity index (χ1) is 12.8. The Morgan fingerprint density at radius 3 is 2.38 bits per heavy atom. The molecule has 0 saturated carbocycles. The van der Waals surface area contributed by atoms with Gasteiger partial charge >= 0.3 is 0 Å². The Morgan fingerprint density at radius 1 is 0.923 bits per heavy atom. The standard InChI is InChI=1S/C21H22ClN3S/c22-18-6-8-19(9-7-18)25-14-12-24(13-15-25)11-10-21-23-20(16-26-21)17-4-2-1-3-5-17/h1-9,16H,10-15H2. The summed E-state index contributed by atoms with van der Waals surface area (Å²) < 4.78 is 0. The molecule has 1 fully saturated rings. The summed E-state index contributed by atoms with van der Waals surface area (Å²) in [7, 11) is 0. The molecule has 26 heavy (non-hydrogen) atoms. The number of aromatic nitrogens is 1. The van der Waals surface area contributed by atoms with Crippen LogP contribution in [0.15, 0.2) is 60.0 Å². The summed E-state index contributed by atoms with van der Waals surface area (Å²) >= 11 is 7.75. The van der Waals surface area contributed by atoms with Crippen molar-refractivity contribution in [2.45, 2.75) is 6.42 Å². The molecule has 0 amide bonds. The molecule has 3 aromatic rings. The first kappa shape index (κ1) is 17.5. The van der Waals surface area contributed by atoms with E-state index >= 15 is 0 Å². The van der Waals surface area contributed by atoms with Gasteiger partial charge in [-0.1, -0.05) is 41.9 Å². The van der Waals surface area contributed by atoms with Gasteiger partial charge in [0, 0.05) is 60.8 Å². The van der Waals surface area contributed by atoms with Gasteiger partial charge in [-0.3, -0.25) is 4.90 Å². The maximum absolute atomic E-state index is 5.98. The normalized spacial score (nSPS) is 15.3. The molecule has 0 unspecified atom stereocenters. The third-order valence-corrected chi connectivity index (χ3v) is 5.99. The summed E-state index contributed by atoms with van der Waals surface area (Å²) in [5.41, 5.74) is 3.56. The highest BCUT2D eigenvalue weighted by Gasteiger charge is 2.17. The zero-order valence-corrected chi connectivity index (χ0v) is 16.2. The number of hydrogen-bond donors (Lipinski definition) is 0. The van der Waals surface area contributed by atoms with E-state index in [1.165, 1.54) is 16.3 Å². The van der Waals surface area contributed by atoms with Gasteiger partial charge < -0.3 is 4.90 Å². The second-order valence-corrected chi connectivity index (χ2v) is 7.93. The zero-order chi connectivity index (χ0) is 17.8. The van der Waals surface area contributed by atoms with Crippen LogP contribution in [0.5, 0.6) is 0 Å². The molecule has 0 N–H and O–H groups in total. The van der Waals surface area contributed by atoms with Crippen molar-refractivity contribution in [1.82, 2.24) is 9.88 Å². The van der Waals surface area contributed by atoms with E-state index in [9.17, 15) is 0 Å². The summed E-state index contributed by atoms with van der Waals surface area (Å²) in [4.78, 5) is 9.78. The molecule has 0 bridgehead atoms.